The Morgan fingerprint density at radius 1 is 1.19 bits per heavy atom. The third kappa shape index (κ3) is 5.41. The molecule has 0 fully saturated rings. The Bertz CT molecular complexity index is 1480. The molecule has 1 N–H and O–H groups in total. The lowest BCUT2D eigenvalue weighted by Gasteiger charge is -2.11. The van der Waals surface area contributed by atoms with Gasteiger partial charge in [0.1, 0.15) is 16.5 Å². The number of halogens is 2. The first kappa shape index (κ1) is 26.8. The monoisotopic (exact) mass is 562 g/mol. The van der Waals surface area contributed by atoms with Crippen LogP contribution in [0.5, 0.6) is 0 Å². The lowest BCUT2D eigenvalue weighted by Crippen LogP contribution is -2.17. The summed E-state index contributed by atoms with van der Waals surface area (Å²) in [5, 5.41) is 17.0. The van der Waals surface area contributed by atoms with Crippen molar-refractivity contribution in [2.24, 2.45) is 7.05 Å². The van der Waals surface area contributed by atoms with Gasteiger partial charge in [0.05, 0.1) is 28.6 Å². The van der Waals surface area contributed by atoms with Crippen LogP contribution in [-0.2, 0) is 16.6 Å². The van der Waals surface area contributed by atoms with E-state index in [1.165, 1.54) is 23.5 Å². The number of hydrogen-bond acceptors (Lipinski definition) is 8. The van der Waals surface area contributed by atoms with Gasteiger partial charge in [0.2, 0.25) is 5.91 Å². The highest BCUT2D eigenvalue weighted by Crippen LogP contribution is 2.35. The van der Waals surface area contributed by atoms with E-state index < -0.39 is 5.97 Å². The molecule has 9 nitrogen and oxygen atoms in total. The molecule has 0 spiro atoms. The number of thioether (sulfide) groups is 1. The lowest BCUT2D eigenvalue weighted by molar-refractivity contribution is -0.113. The van der Waals surface area contributed by atoms with E-state index in [2.05, 4.69) is 20.6 Å². The Morgan fingerprint density at radius 2 is 1.89 bits per heavy atom. The summed E-state index contributed by atoms with van der Waals surface area (Å²) in [6, 6.07) is 5.84. The van der Waals surface area contributed by atoms with Crippen LogP contribution in [0.2, 0.25) is 5.02 Å². The molecule has 4 rings (SSSR count). The second-order valence-corrected chi connectivity index (χ2v) is 10.6. The highest BCUT2D eigenvalue weighted by atomic mass is 35.5. The van der Waals surface area contributed by atoms with Crippen LogP contribution in [0.3, 0.4) is 0 Å². The van der Waals surface area contributed by atoms with Gasteiger partial charge in [-0.2, -0.15) is 5.10 Å². The minimum atomic E-state index is -0.476. The van der Waals surface area contributed by atoms with Gasteiger partial charge in [0, 0.05) is 17.6 Å². The van der Waals surface area contributed by atoms with E-state index in [0.717, 1.165) is 22.2 Å². The third-order valence-corrected chi connectivity index (χ3v) is 8.03. The summed E-state index contributed by atoms with van der Waals surface area (Å²) in [6.07, 6.45) is 0. The summed E-state index contributed by atoms with van der Waals surface area (Å²) in [4.78, 5) is 26.3. The molecule has 0 aliphatic carbocycles. The first-order valence-corrected chi connectivity index (χ1v) is 13.4. The molecule has 13 heteroatoms. The zero-order chi connectivity index (χ0) is 26.9. The summed E-state index contributed by atoms with van der Waals surface area (Å²) in [5.41, 5.74) is 2.89. The number of aryl methyl sites for hydroxylation is 3. The third-order valence-electron chi connectivity index (χ3n) is 5.53. The highest BCUT2D eigenvalue weighted by molar-refractivity contribution is 7.99. The van der Waals surface area contributed by atoms with Crippen molar-refractivity contribution in [3.63, 3.8) is 0 Å². The zero-order valence-corrected chi connectivity index (χ0v) is 23.1. The van der Waals surface area contributed by atoms with Gasteiger partial charge < -0.3 is 10.1 Å². The Labute approximate surface area is 226 Å². The average molecular weight is 563 g/mol. The van der Waals surface area contributed by atoms with Crippen LogP contribution >= 0.6 is 34.7 Å². The minimum absolute atomic E-state index is 0.0181. The molecule has 0 unspecified atom stereocenters. The van der Waals surface area contributed by atoms with Gasteiger partial charge in [-0.1, -0.05) is 23.4 Å². The number of carbonyl (C=O) groups is 2. The Balaban J connectivity index is 1.63. The molecule has 3 heterocycles. The average Bonchev–Trinajstić information content (AvgIpc) is 3.46. The van der Waals surface area contributed by atoms with Crippen molar-refractivity contribution in [1.29, 1.82) is 0 Å². The summed E-state index contributed by atoms with van der Waals surface area (Å²) >= 11 is 8.97. The summed E-state index contributed by atoms with van der Waals surface area (Å²) in [7, 11) is 1.74. The molecule has 0 aliphatic rings. The van der Waals surface area contributed by atoms with Crippen molar-refractivity contribution in [2.75, 3.05) is 17.7 Å². The molecule has 194 valence electrons. The maximum absolute atomic E-state index is 13.6. The number of hydrogen-bond donors (Lipinski definition) is 1. The first-order valence-electron chi connectivity index (χ1n) is 11.2. The molecule has 1 aromatic carbocycles. The van der Waals surface area contributed by atoms with E-state index in [-0.39, 0.29) is 24.1 Å². The van der Waals surface area contributed by atoms with E-state index in [1.807, 2.05) is 13.8 Å². The largest absolute Gasteiger partial charge is 0.462 e. The van der Waals surface area contributed by atoms with Crippen LogP contribution in [0, 0.1) is 26.6 Å². The normalized spacial score (nSPS) is 11.1. The topological polar surface area (TPSA) is 104 Å². The Hall–Kier alpha value is -3.22. The van der Waals surface area contributed by atoms with Crippen molar-refractivity contribution in [3.05, 3.63) is 56.8 Å². The van der Waals surface area contributed by atoms with Crippen LogP contribution < -0.4 is 5.32 Å². The minimum Gasteiger partial charge on any atom is -0.462 e. The van der Waals surface area contributed by atoms with E-state index in [1.54, 1.807) is 42.3 Å². The number of esters is 1. The van der Waals surface area contributed by atoms with Crippen molar-refractivity contribution < 1.29 is 18.7 Å². The zero-order valence-electron chi connectivity index (χ0n) is 20.8. The maximum Gasteiger partial charge on any atom is 0.341 e. The fourth-order valence-corrected chi connectivity index (χ4v) is 5.73. The van der Waals surface area contributed by atoms with Crippen LogP contribution in [0.25, 0.3) is 17.2 Å². The summed E-state index contributed by atoms with van der Waals surface area (Å²) in [5.74, 6) is -0.815. The van der Waals surface area contributed by atoms with Crippen molar-refractivity contribution in [2.45, 2.75) is 32.9 Å². The Morgan fingerprint density at radius 3 is 2.51 bits per heavy atom. The van der Waals surface area contributed by atoms with Gasteiger partial charge in [-0.25, -0.2) is 9.18 Å². The number of nitrogens with one attached hydrogen (secondary N) is 1. The number of aromatic nitrogens is 5. The van der Waals surface area contributed by atoms with Gasteiger partial charge in [0.25, 0.3) is 0 Å². The molecular formula is C24H24ClFN6O3S2. The number of nitrogens with zero attached hydrogens (tertiary/aromatic N) is 5. The number of carbonyl (C=O) groups excluding carboxylic acids is 2. The lowest BCUT2D eigenvalue weighted by atomic mass is 10.1. The Kier molecular flexibility index (Phi) is 8.00. The molecule has 0 aliphatic heterocycles. The highest BCUT2D eigenvalue weighted by Gasteiger charge is 2.25. The number of thiophene rings is 1. The molecule has 3 aromatic heterocycles. The van der Waals surface area contributed by atoms with Crippen LogP contribution in [0.4, 0.5) is 9.39 Å². The van der Waals surface area contributed by atoms with E-state index >= 15 is 0 Å². The van der Waals surface area contributed by atoms with E-state index in [9.17, 15) is 14.0 Å². The molecule has 0 saturated carbocycles. The van der Waals surface area contributed by atoms with Gasteiger partial charge in [-0.15, -0.1) is 21.5 Å². The quantitative estimate of drug-likeness (QED) is 0.228. The van der Waals surface area contributed by atoms with Gasteiger partial charge in [-0.3, -0.25) is 14.0 Å². The molecule has 0 radical (unpaired) electrons. The van der Waals surface area contributed by atoms with Crippen molar-refractivity contribution in [3.8, 4) is 17.2 Å². The second-order valence-electron chi connectivity index (χ2n) is 8.03. The number of ether oxygens (including phenoxy) is 1. The van der Waals surface area contributed by atoms with Crippen LogP contribution in [0.1, 0.15) is 33.4 Å². The fraction of sp³-hybridized carbons (Fsp3) is 0.292. The molecular weight excluding hydrogens is 539 g/mol. The van der Waals surface area contributed by atoms with Crippen molar-refractivity contribution in [1.82, 2.24) is 24.5 Å². The van der Waals surface area contributed by atoms with Crippen LogP contribution in [-0.4, -0.2) is 48.8 Å². The van der Waals surface area contributed by atoms with E-state index in [0.29, 0.717) is 43.6 Å². The summed E-state index contributed by atoms with van der Waals surface area (Å²) in [6.45, 7) is 7.44. The smallest absolute Gasteiger partial charge is 0.341 e. The van der Waals surface area contributed by atoms with Gasteiger partial charge in [0.15, 0.2) is 11.0 Å². The second kappa shape index (κ2) is 11.0. The fourth-order valence-electron chi connectivity index (χ4n) is 3.67. The number of anilines is 1. The molecule has 1 amide bonds. The van der Waals surface area contributed by atoms with Gasteiger partial charge in [-0.05, 0) is 57.5 Å². The standard InChI is InChI=1S/C24H24ClFN6O3S2/c1-6-35-23(34)18-12(2)14(4)37-22(18)27-17(33)11-36-24-29-28-21(20-19(25)13(3)30-31(20)5)32(24)16-9-7-15(26)8-10-16/h7-10H,6,11H2,1-5H3,(H,27,33). The molecule has 0 bridgehead atoms. The molecule has 0 atom stereocenters. The number of amides is 1. The predicted molar refractivity (Wildman–Crippen MR) is 142 cm³/mol. The van der Waals surface area contributed by atoms with Crippen LogP contribution in [0.15, 0.2) is 29.4 Å². The number of rotatable bonds is 8. The van der Waals surface area contributed by atoms with Crippen molar-refractivity contribution >= 4 is 51.6 Å². The SMILES string of the molecule is CCOC(=O)c1c(NC(=O)CSc2nnc(-c3c(Cl)c(C)nn3C)n2-c2ccc(F)cc2)sc(C)c1C. The van der Waals surface area contributed by atoms with Gasteiger partial charge >= 0.3 is 5.97 Å². The molecule has 37 heavy (non-hydrogen) atoms. The number of benzene rings is 1. The first-order chi connectivity index (χ1) is 17.6. The maximum atomic E-state index is 13.6. The summed E-state index contributed by atoms with van der Waals surface area (Å²) < 4.78 is 22.1. The van der Waals surface area contributed by atoms with E-state index in [4.69, 9.17) is 16.3 Å². The molecule has 4 aromatic rings. The predicted octanol–water partition coefficient (Wildman–Crippen LogP) is 5.35. The molecule has 0 saturated heterocycles.